The van der Waals surface area contributed by atoms with Crippen LogP contribution in [0.15, 0.2) is 29.1 Å². The van der Waals surface area contributed by atoms with E-state index in [-0.39, 0.29) is 22.7 Å². The summed E-state index contributed by atoms with van der Waals surface area (Å²) in [6, 6.07) is 9.07. The van der Waals surface area contributed by atoms with Crippen molar-refractivity contribution in [2.45, 2.75) is 20.8 Å². The molecule has 0 aliphatic heterocycles. The van der Waals surface area contributed by atoms with Crippen molar-refractivity contribution < 1.29 is 5.11 Å². The largest absolute Gasteiger partial charge is 0.506 e. The second-order valence-electron chi connectivity index (χ2n) is 5.58. The Morgan fingerprint density at radius 2 is 1.92 bits per heavy atom. The van der Waals surface area contributed by atoms with Crippen molar-refractivity contribution in [3.8, 4) is 6.07 Å². The summed E-state index contributed by atoms with van der Waals surface area (Å²) in [6.45, 7) is 5.73. The molecule has 3 aromatic rings. The fourth-order valence-corrected chi connectivity index (χ4v) is 3.48. The number of fused-ring (bicyclic) bond motifs is 1. The number of aliphatic hydroxyl groups is 1. The molecular formula is C18H15N3O2S. The second kappa shape index (κ2) is 5.95. The number of aryl methyl sites for hydroxylation is 3. The smallest absolute Gasteiger partial charge is 0.260 e. The summed E-state index contributed by atoms with van der Waals surface area (Å²) in [5.41, 5.74) is 2.07. The highest BCUT2D eigenvalue weighted by atomic mass is 32.1. The maximum Gasteiger partial charge on any atom is 0.260 e. The molecule has 5 nitrogen and oxygen atoms in total. The molecule has 2 aromatic heterocycles. The van der Waals surface area contributed by atoms with Gasteiger partial charge >= 0.3 is 0 Å². The molecule has 0 saturated heterocycles. The number of nitrogens with one attached hydrogen (secondary N) is 1. The first-order chi connectivity index (χ1) is 11.4. The molecule has 0 atom stereocenters. The minimum atomic E-state index is -0.304. The number of H-pyrrole nitrogens is 1. The Kier molecular flexibility index (Phi) is 3.96. The second-order valence-corrected chi connectivity index (χ2v) is 6.78. The number of aromatic amines is 1. The molecular weight excluding hydrogens is 322 g/mol. The highest BCUT2D eigenvalue weighted by molar-refractivity contribution is 7.18. The summed E-state index contributed by atoms with van der Waals surface area (Å²) in [4.78, 5) is 20.9. The van der Waals surface area contributed by atoms with Crippen LogP contribution in [0.25, 0.3) is 21.5 Å². The minimum absolute atomic E-state index is 0.0541. The van der Waals surface area contributed by atoms with Gasteiger partial charge in [-0.25, -0.2) is 4.98 Å². The zero-order valence-corrected chi connectivity index (χ0v) is 14.3. The molecule has 0 fully saturated rings. The molecule has 0 saturated carbocycles. The van der Waals surface area contributed by atoms with Gasteiger partial charge in [0.1, 0.15) is 22.2 Å². The number of nitriles is 1. The average Bonchev–Trinajstić information content (AvgIpc) is 2.83. The van der Waals surface area contributed by atoms with Crippen molar-refractivity contribution in [3.05, 3.63) is 62.0 Å². The molecule has 0 radical (unpaired) electrons. The predicted molar refractivity (Wildman–Crippen MR) is 95.9 cm³/mol. The van der Waals surface area contributed by atoms with Crippen LogP contribution >= 0.6 is 11.3 Å². The van der Waals surface area contributed by atoms with Crippen LogP contribution in [0.4, 0.5) is 0 Å². The molecule has 0 amide bonds. The Morgan fingerprint density at radius 1 is 1.25 bits per heavy atom. The maximum absolute atomic E-state index is 12.4. The van der Waals surface area contributed by atoms with E-state index in [1.54, 1.807) is 12.1 Å². The third-order valence-corrected chi connectivity index (χ3v) is 5.05. The molecule has 0 spiro atoms. The Bertz CT molecular complexity index is 1070. The quantitative estimate of drug-likeness (QED) is 0.549. The number of thiophene rings is 1. The van der Waals surface area contributed by atoms with Gasteiger partial charge in [0.25, 0.3) is 5.56 Å². The van der Waals surface area contributed by atoms with Crippen molar-refractivity contribution in [1.82, 2.24) is 9.97 Å². The van der Waals surface area contributed by atoms with Crippen molar-refractivity contribution in [1.29, 1.82) is 5.26 Å². The van der Waals surface area contributed by atoms with E-state index in [9.17, 15) is 15.2 Å². The Balaban J connectivity index is 2.23. The fraction of sp³-hybridized carbons (Fsp3) is 0.167. The van der Waals surface area contributed by atoms with Crippen LogP contribution in [-0.2, 0) is 0 Å². The highest BCUT2D eigenvalue weighted by Gasteiger charge is 2.17. The number of rotatable bonds is 2. The number of nitrogens with zero attached hydrogens (tertiary/aromatic N) is 2. The van der Waals surface area contributed by atoms with E-state index in [1.165, 1.54) is 11.3 Å². The van der Waals surface area contributed by atoms with Crippen LogP contribution in [0, 0.1) is 32.1 Å². The van der Waals surface area contributed by atoms with Crippen molar-refractivity contribution in [2.75, 3.05) is 0 Å². The van der Waals surface area contributed by atoms with Crippen LogP contribution in [0.1, 0.15) is 27.4 Å². The van der Waals surface area contributed by atoms with Crippen molar-refractivity contribution in [2.24, 2.45) is 0 Å². The molecule has 0 unspecified atom stereocenters. The molecule has 120 valence electrons. The van der Waals surface area contributed by atoms with Gasteiger partial charge in [0.15, 0.2) is 5.82 Å². The first kappa shape index (κ1) is 16.0. The van der Waals surface area contributed by atoms with Gasteiger partial charge in [0.05, 0.1) is 5.39 Å². The molecule has 6 heteroatoms. The summed E-state index contributed by atoms with van der Waals surface area (Å²) in [6.07, 6.45) is 0. The van der Waals surface area contributed by atoms with E-state index in [1.807, 2.05) is 39.0 Å². The lowest BCUT2D eigenvalue weighted by molar-refractivity contribution is 0.514. The third kappa shape index (κ3) is 2.59. The topological polar surface area (TPSA) is 89.8 Å². The molecule has 0 aliphatic rings. The highest BCUT2D eigenvalue weighted by Crippen LogP contribution is 2.28. The molecule has 0 aliphatic carbocycles. The number of aliphatic hydroxyl groups excluding tert-OH is 1. The fourth-order valence-electron chi connectivity index (χ4n) is 2.45. The van der Waals surface area contributed by atoms with E-state index < -0.39 is 0 Å². The van der Waals surface area contributed by atoms with Gasteiger partial charge in [-0.1, -0.05) is 29.8 Å². The van der Waals surface area contributed by atoms with Crippen LogP contribution in [0.3, 0.4) is 0 Å². The van der Waals surface area contributed by atoms with Gasteiger partial charge in [-0.05, 0) is 26.3 Å². The molecule has 3 rings (SSSR count). The SMILES string of the molecule is Cc1ccc(/C(O)=C(\C#N)c2nc3sc(C)c(C)c3c(=O)[nH]2)cc1. The number of hydrogen-bond donors (Lipinski definition) is 2. The lowest BCUT2D eigenvalue weighted by atomic mass is 10.1. The van der Waals surface area contributed by atoms with Crippen LogP contribution in [0.2, 0.25) is 0 Å². The Hall–Kier alpha value is -2.91. The van der Waals surface area contributed by atoms with E-state index in [4.69, 9.17) is 0 Å². The standard InChI is InChI=1S/C18H15N3O2S/c1-9-4-6-12(7-5-9)15(22)13(8-19)16-20-17(23)14-10(2)11(3)24-18(14)21-16/h4-7,22H,1-3H3,(H,20,21,23)/b15-13-. The van der Waals surface area contributed by atoms with Gasteiger partial charge in [-0.15, -0.1) is 11.3 Å². The number of aromatic nitrogens is 2. The van der Waals surface area contributed by atoms with Crippen molar-refractivity contribution in [3.63, 3.8) is 0 Å². The third-order valence-electron chi connectivity index (χ3n) is 3.95. The average molecular weight is 337 g/mol. The van der Waals surface area contributed by atoms with Crippen LogP contribution in [0.5, 0.6) is 0 Å². The number of hydrogen-bond acceptors (Lipinski definition) is 5. The Labute approximate surface area is 142 Å². The summed E-state index contributed by atoms with van der Waals surface area (Å²) >= 11 is 1.40. The van der Waals surface area contributed by atoms with E-state index in [0.717, 1.165) is 16.0 Å². The molecule has 24 heavy (non-hydrogen) atoms. The predicted octanol–water partition coefficient (Wildman–Crippen LogP) is 3.86. The van der Waals surface area contributed by atoms with Gasteiger partial charge in [0, 0.05) is 10.4 Å². The normalized spacial score (nSPS) is 12.1. The Morgan fingerprint density at radius 3 is 2.54 bits per heavy atom. The first-order valence-electron chi connectivity index (χ1n) is 7.33. The number of allylic oxidation sites excluding steroid dienone is 1. The van der Waals surface area contributed by atoms with Crippen LogP contribution < -0.4 is 5.56 Å². The lowest BCUT2D eigenvalue weighted by Crippen LogP contribution is -2.11. The van der Waals surface area contributed by atoms with Crippen molar-refractivity contribution >= 4 is 32.9 Å². The van der Waals surface area contributed by atoms with Gasteiger partial charge in [-0.2, -0.15) is 5.26 Å². The zero-order chi connectivity index (χ0) is 17.4. The molecule has 1 aromatic carbocycles. The zero-order valence-electron chi connectivity index (χ0n) is 13.5. The van der Waals surface area contributed by atoms with E-state index in [2.05, 4.69) is 9.97 Å². The van der Waals surface area contributed by atoms with Crippen LogP contribution in [-0.4, -0.2) is 15.1 Å². The summed E-state index contributed by atoms with van der Waals surface area (Å²) in [7, 11) is 0. The lowest BCUT2D eigenvalue weighted by Gasteiger charge is -2.05. The molecule has 0 bridgehead atoms. The summed E-state index contributed by atoms with van der Waals surface area (Å²) in [5, 5.41) is 20.4. The summed E-state index contributed by atoms with van der Waals surface area (Å²) < 4.78 is 0. The number of benzene rings is 1. The molecule has 2 N–H and O–H groups in total. The van der Waals surface area contributed by atoms with Gasteiger partial charge in [0.2, 0.25) is 0 Å². The monoisotopic (exact) mass is 337 g/mol. The maximum atomic E-state index is 12.4. The van der Waals surface area contributed by atoms with Gasteiger partial charge in [-0.3, -0.25) is 4.79 Å². The van der Waals surface area contributed by atoms with E-state index >= 15 is 0 Å². The van der Waals surface area contributed by atoms with E-state index in [0.29, 0.717) is 15.8 Å². The first-order valence-corrected chi connectivity index (χ1v) is 8.14. The molecule has 2 heterocycles. The summed E-state index contributed by atoms with van der Waals surface area (Å²) in [5.74, 6) is -0.126. The van der Waals surface area contributed by atoms with Gasteiger partial charge < -0.3 is 10.1 Å². The minimum Gasteiger partial charge on any atom is -0.506 e.